The average molecular weight is 234 g/mol. The summed E-state index contributed by atoms with van der Waals surface area (Å²) < 4.78 is 4.81. The zero-order chi connectivity index (χ0) is 11.6. The highest BCUT2D eigenvalue weighted by atomic mass is 32.1. The summed E-state index contributed by atoms with van der Waals surface area (Å²) >= 11 is 3.94. The van der Waals surface area contributed by atoms with Crippen molar-refractivity contribution in [3.8, 4) is 0 Å². The first kappa shape index (κ1) is 12.6. The molecule has 0 fully saturated rings. The van der Waals surface area contributed by atoms with Crippen LogP contribution in [0.1, 0.15) is 5.56 Å². The van der Waals surface area contributed by atoms with Gasteiger partial charge in [-0.15, -0.1) is 0 Å². The van der Waals surface area contributed by atoms with Crippen LogP contribution in [0.3, 0.4) is 0 Å². The predicted molar refractivity (Wildman–Crippen MR) is 69.4 cm³/mol. The van der Waals surface area contributed by atoms with Gasteiger partial charge in [-0.3, -0.25) is 0 Å². The van der Waals surface area contributed by atoms with Gasteiger partial charge in [0.05, 0.1) is 0 Å². The third-order valence-corrected chi connectivity index (χ3v) is 1.95. The minimum Gasteiger partial charge on any atom is -0.462 e. The Hall–Kier alpha value is -1.48. The second-order valence-electron chi connectivity index (χ2n) is 3.02. The molecule has 0 aliphatic carbocycles. The highest BCUT2D eigenvalue weighted by molar-refractivity contribution is 7.80. The fourth-order valence-corrected chi connectivity index (χ4v) is 1.15. The summed E-state index contributed by atoms with van der Waals surface area (Å²) in [5.41, 5.74) is 1.09. The molecule has 0 radical (unpaired) electrons. The maximum Gasteiger partial charge on any atom is 0.330 e. The normalized spacial score (nSPS) is 11.1. The number of allylic oxidation sites excluding steroid dienone is 2. The highest BCUT2D eigenvalue weighted by Crippen LogP contribution is 2.00. The Bertz CT molecular complexity index is 369. The van der Waals surface area contributed by atoms with Gasteiger partial charge in [0.15, 0.2) is 0 Å². The molecule has 0 aliphatic heterocycles. The van der Waals surface area contributed by atoms with Crippen LogP contribution in [-0.4, -0.2) is 18.3 Å². The molecule has 3 heteroatoms. The Morgan fingerprint density at radius 1 is 1.25 bits per heavy atom. The van der Waals surface area contributed by atoms with Gasteiger partial charge < -0.3 is 4.74 Å². The zero-order valence-electron chi connectivity index (χ0n) is 8.87. The van der Waals surface area contributed by atoms with Gasteiger partial charge in [-0.1, -0.05) is 48.6 Å². The molecule has 0 N–H and O–H groups in total. The molecule has 1 aromatic carbocycles. The molecule has 0 heterocycles. The molecule has 1 rings (SSSR count). The standard InChI is InChI=1S/C13H14O2S/c14-13(15-10-11-16)9-5-4-8-12-6-2-1-3-7-12/h1-9,16H,10-11H2. The van der Waals surface area contributed by atoms with Crippen LogP contribution in [0.5, 0.6) is 0 Å². The minimum atomic E-state index is -0.341. The topological polar surface area (TPSA) is 26.3 Å². The van der Waals surface area contributed by atoms with Crippen LogP contribution < -0.4 is 0 Å². The van der Waals surface area contributed by atoms with Crippen LogP contribution in [0.15, 0.2) is 48.6 Å². The molecule has 0 aromatic heterocycles. The first-order valence-corrected chi connectivity index (χ1v) is 5.63. The summed E-state index contributed by atoms with van der Waals surface area (Å²) in [7, 11) is 0. The number of carbonyl (C=O) groups is 1. The summed E-state index contributed by atoms with van der Waals surface area (Å²) in [6.07, 6.45) is 6.77. The zero-order valence-corrected chi connectivity index (χ0v) is 9.77. The second kappa shape index (κ2) is 7.77. The Morgan fingerprint density at radius 3 is 2.69 bits per heavy atom. The van der Waals surface area contributed by atoms with E-state index in [1.165, 1.54) is 6.08 Å². The molecule has 0 atom stereocenters. The molecular formula is C13H14O2S. The predicted octanol–water partition coefficient (Wildman–Crippen LogP) is 2.73. The van der Waals surface area contributed by atoms with Crippen LogP contribution in [0.2, 0.25) is 0 Å². The maximum atomic E-state index is 11.0. The lowest BCUT2D eigenvalue weighted by atomic mass is 10.2. The number of hydrogen-bond donors (Lipinski definition) is 1. The van der Waals surface area contributed by atoms with Crippen molar-refractivity contribution in [2.24, 2.45) is 0 Å². The summed E-state index contributed by atoms with van der Waals surface area (Å²) in [6, 6.07) is 9.86. The van der Waals surface area contributed by atoms with Gasteiger partial charge in [-0.2, -0.15) is 12.6 Å². The Labute approximate surface area is 101 Å². The summed E-state index contributed by atoms with van der Waals surface area (Å²) in [5, 5.41) is 0. The van der Waals surface area contributed by atoms with Crippen LogP contribution in [0, 0.1) is 0 Å². The van der Waals surface area contributed by atoms with E-state index in [2.05, 4.69) is 12.6 Å². The Balaban J connectivity index is 2.36. The molecule has 0 spiro atoms. The van der Waals surface area contributed by atoms with E-state index in [9.17, 15) is 4.79 Å². The van der Waals surface area contributed by atoms with E-state index in [1.807, 2.05) is 36.4 Å². The molecule has 2 nitrogen and oxygen atoms in total. The maximum absolute atomic E-state index is 11.0. The van der Waals surface area contributed by atoms with Crippen molar-refractivity contribution in [2.75, 3.05) is 12.4 Å². The van der Waals surface area contributed by atoms with E-state index in [4.69, 9.17) is 4.74 Å². The average Bonchev–Trinajstić information content (AvgIpc) is 2.33. The van der Waals surface area contributed by atoms with Gasteiger partial charge >= 0.3 is 5.97 Å². The molecule has 0 saturated heterocycles. The van der Waals surface area contributed by atoms with E-state index in [-0.39, 0.29) is 5.97 Å². The van der Waals surface area contributed by atoms with Crippen molar-refractivity contribution in [3.63, 3.8) is 0 Å². The smallest absolute Gasteiger partial charge is 0.330 e. The fourth-order valence-electron chi connectivity index (χ4n) is 1.06. The molecule has 0 unspecified atom stereocenters. The van der Waals surface area contributed by atoms with Crippen molar-refractivity contribution < 1.29 is 9.53 Å². The molecule has 1 aromatic rings. The van der Waals surface area contributed by atoms with Crippen LogP contribution >= 0.6 is 12.6 Å². The SMILES string of the molecule is O=C(C=CC=Cc1ccccc1)OCCS. The van der Waals surface area contributed by atoms with Crippen molar-refractivity contribution in [2.45, 2.75) is 0 Å². The lowest BCUT2D eigenvalue weighted by molar-refractivity contribution is -0.137. The number of hydrogen-bond acceptors (Lipinski definition) is 3. The van der Waals surface area contributed by atoms with E-state index in [0.717, 1.165) is 5.56 Å². The largest absolute Gasteiger partial charge is 0.462 e. The monoisotopic (exact) mass is 234 g/mol. The van der Waals surface area contributed by atoms with Crippen LogP contribution in [-0.2, 0) is 9.53 Å². The fraction of sp³-hybridized carbons (Fsp3) is 0.154. The van der Waals surface area contributed by atoms with Gasteiger partial charge in [0.1, 0.15) is 6.61 Å². The Kier molecular flexibility index (Phi) is 6.11. The molecule has 84 valence electrons. The summed E-state index contributed by atoms with van der Waals surface area (Å²) in [5.74, 6) is 0.200. The number of ether oxygens (including phenoxy) is 1. The third-order valence-electron chi connectivity index (χ3n) is 1.77. The number of rotatable bonds is 5. The van der Waals surface area contributed by atoms with Gasteiger partial charge in [0, 0.05) is 11.8 Å². The molecule has 0 bridgehead atoms. The van der Waals surface area contributed by atoms with Crippen LogP contribution in [0.25, 0.3) is 6.08 Å². The second-order valence-corrected chi connectivity index (χ2v) is 3.47. The van der Waals surface area contributed by atoms with E-state index >= 15 is 0 Å². The first-order chi connectivity index (χ1) is 7.83. The van der Waals surface area contributed by atoms with E-state index in [0.29, 0.717) is 12.4 Å². The number of benzene rings is 1. The highest BCUT2D eigenvalue weighted by Gasteiger charge is 1.92. The molecule has 16 heavy (non-hydrogen) atoms. The molecule has 0 saturated carbocycles. The summed E-state index contributed by atoms with van der Waals surface area (Å²) in [6.45, 7) is 0.342. The summed E-state index contributed by atoms with van der Waals surface area (Å²) in [4.78, 5) is 11.0. The van der Waals surface area contributed by atoms with Crippen molar-refractivity contribution in [1.82, 2.24) is 0 Å². The Morgan fingerprint density at radius 2 is 2.00 bits per heavy atom. The number of esters is 1. The van der Waals surface area contributed by atoms with Crippen molar-refractivity contribution in [3.05, 3.63) is 54.1 Å². The van der Waals surface area contributed by atoms with Gasteiger partial charge in [-0.05, 0) is 5.56 Å². The lowest BCUT2D eigenvalue weighted by Gasteiger charge is -1.95. The quantitative estimate of drug-likeness (QED) is 0.367. The first-order valence-electron chi connectivity index (χ1n) is 5.00. The number of carbonyl (C=O) groups excluding carboxylic acids is 1. The van der Waals surface area contributed by atoms with Crippen LogP contribution in [0.4, 0.5) is 0 Å². The van der Waals surface area contributed by atoms with E-state index < -0.39 is 0 Å². The molecular weight excluding hydrogens is 220 g/mol. The van der Waals surface area contributed by atoms with Gasteiger partial charge in [-0.25, -0.2) is 4.79 Å². The lowest BCUT2D eigenvalue weighted by Crippen LogP contribution is -2.02. The van der Waals surface area contributed by atoms with Gasteiger partial charge in [0.25, 0.3) is 0 Å². The minimum absolute atomic E-state index is 0.341. The molecule has 0 amide bonds. The van der Waals surface area contributed by atoms with Gasteiger partial charge in [0.2, 0.25) is 0 Å². The van der Waals surface area contributed by atoms with Crippen molar-refractivity contribution >= 4 is 24.7 Å². The van der Waals surface area contributed by atoms with E-state index in [1.54, 1.807) is 12.2 Å². The molecule has 0 aliphatic rings. The van der Waals surface area contributed by atoms with Crippen molar-refractivity contribution in [1.29, 1.82) is 0 Å². The third kappa shape index (κ3) is 5.41. The number of thiol groups is 1.